The lowest BCUT2D eigenvalue weighted by molar-refractivity contribution is -0.633. The molecule has 264 valence electrons. The van der Waals surface area contributed by atoms with Gasteiger partial charge < -0.3 is 4.42 Å². The molecule has 0 aliphatic heterocycles. The molecule has 3 nitrogen and oxygen atoms in total. The van der Waals surface area contributed by atoms with E-state index in [1.165, 1.54) is 55.7 Å². The van der Waals surface area contributed by atoms with Crippen LogP contribution in [-0.4, -0.2) is 4.57 Å². The molecule has 0 atom stereocenters. The Labute approximate surface area is 317 Å². The van der Waals surface area contributed by atoms with Crippen molar-refractivity contribution in [2.24, 2.45) is 7.05 Å². The van der Waals surface area contributed by atoms with Gasteiger partial charge in [0.25, 0.3) is 5.82 Å². The highest BCUT2D eigenvalue weighted by Crippen LogP contribution is 2.43. The van der Waals surface area contributed by atoms with Crippen LogP contribution in [0.5, 0.6) is 0 Å². The highest BCUT2D eigenvalue weighted by atomic mass is 16.3. The summed E-state index contributed by atoms with van der Waals surface area (Å²) in [7, 11) is 2.20. The van der Waals surface area contributed by atoms with Crippen LogP contribution in [0.4, 0.5) is 0 Å². The van der Waals surface area contributed by atoms with E-state index < -0.39 is 0 Å². The molecule has 0 spiro atoms. The van der Waals surface area contributed by atoms with Crippen molar-refractivity contribution in [2.75, 3.05) is 0 Å². The molecule has 0 aliphatic rings. The van der Waals surface area contributed by atoms with Crippen molar-refractivity contribution in [3.63, 3.8) is 0 Å². The molecule has 3 heteroatoms. The minimum atomic E-state index is 0.350. The van der Waals surface area contributed by atoms with Crippen LogP contribution in [-0.2, 0) is 7.05 Å². The molecule has 0 unspecified atom stereocenters. The minimum absolute atomic E-state index is 0.350. The molecule has 54 heavy (non-hydrogen) atoms. The first kappa shape index (κ1) is 33.6. The average Bonchev–Trinajstić information content (AvgIpc) is 3.72. The zero-order valence-corrected chi connectivity index (χ0v) is 31.9. The Morgan fingerprint density at radius 1 is 0.519 bits per heavy atom. The zero-order chi connectivity index (χ0) is 37.1. The first-order chi connectivity index (χ1) is 26.3. The van der Waals surface area contributed by atoms with Gasteiger partial charge in [-0.15, -0.1) is 0 Å². The van der Waals surface area contributed by atoms with Crippen LogP contribution in [0.3, 0.4) is 0 Å². The summed E-state index contributed by atoms with van der Waals surface area (Å²) in [5.41, 5.74) is 17.5. The smallest absolute Gasteiger partial charge is 0.299 e. The van der Waals surface area contributed by atoms with Gasteiger partial charge in [0, 0.05) is 27.5 Å². The monoisotopic (exact) mass is 701 g/mol. The molecular weight excluding hydrogens is 657 g/mol. The van der Waals surface area contributed by atoms with Gasteiger partial charge in [-0.25, -0.2) is 4.57 Å². The highest BCUT2D eigenvalue weighted by molar-refractivity contribution is 6.13. The summed E-state index contributed by atoms with van der Waals surface area (Å²) in [6, 6.07) is 54.9. The molecule has 7 aromatic carbocycles. The van der Waals surface area contributed by atoms with Gasteiger partial charge >= 0.3 is 0 Å². The van der Waals surface area contributed by atoms with Crippen LogP contribution in [0, 0.1) is 6.92 Å². The number of para-hydroxylation sites is 4. The molecule has 0 saturated heterocycles. The van der Waals surface area contributed by atoms with E-state index in [0.29, 0.717) is 11.8 Å². The number of imidazole rings is 1. The average molecular weight is 702 g/mol. The van der Waals surface area contributed by atoms with Crippen LogP contribution < -0.4 is 4.57 Å². The minimum Gasteiger partial charge on any atom is -0.454 e. The van der Waals surface area contributed by atoms with Crippen molar-refractivity contribution >= 4 is 33.0 Å². The van der Waals surface area contributed by atoms with E-state index in [1.54, 1.807) is 0 Å². The van der Waals surface area contributed by atoms with Gasteiger partial charge in [-0.3, -0.25) is 0 Å². The molecule has 0 fully saturated rings. The summed E-state index contributed by atoms with van der Waals surface area (Å²) in [5.74, 6) is 1.82. The second-order valence-corrected chi connectivity index (χ2v) is 15.2. The second kappa shape index (κ2) is 13.3. The third-order valence-electron chi connectivity index (χ3n) is 11.2. The fraction of sp³-hybridized carbons (Fsp3) is 0.157. The molecular formula is C51H45N2O+. The SMILES string of the molecule is Cc1ccc2c(oc3c(-c4ccc(-c5cccc(-c6ccccc6)c5)cc4)cccc32)c1-c1n(-c2c(C(C)C)cccc2C(C)C)c2ccccc2[n+]1C. The number of rotatable bonds is 7. The maximum absolute atomic E-state index is 7.15. The quantitative estimate of drug-likeness (QED) is 0.152. The number of furan rings is 1. The van der Waals surface area contributed by atoms with Gasteiger partial charge in [0.1, 0.15) is 16.8 Å². The Bertz CT molecular complexity index is 2810. The third kappa shape index (κ3) is 5.46. The van der Waals surface area contributed by atoms with E-state index in [4.69, 9.17) is 4.42 Å². The van der Waals surface area contributed by atoms with Crippen molar-refractivity contribution < 1.29 is 8.98 Å². The predicted molar refractivity (Wildman–Crippen MR) is 226 cm³/mol. The molecule has 0 N–H and O–H groups in total. The molecule has 0 radical (unpaired) electrons. The Kier molecular flexibility index (Phi) is 8.31. The lowest BCUT2D eigenvalue weighted by Crippen LogP contribution is -2.30. The molecule has 9 aromatic rings. The normalized spacial score (nSPS) is 11.9. The summed E-state index contributed by atoms with van der Waals surface area (Å²) in [6.45, 7) is 11.4. The van der Waals surface area contributed by atoms with E-state index in [1.807, 2.05) is 0 Å². The molecule has 2 heterocycles. The summed E-state index contributed by atoms with van der Waals surface area (Å²) < 4.78 is 12.0. The van der Waals surface area contributed by atoms with Gasteiger partial charge in [0.15, 0.2) is 16.6 Å². The standard InChI is InChI=1S/C51H45N2O/c1-32(2)40-19-13-20-41(33(3)4)48(40)53-46-24-11-10-23-45(46)52(6)51(53)47-34(5)25-30-44-43-22-14-21-42(49(43)54-50(44)47)37-28-26-36(27-29-37)39-18-12-17-38(31-39)35-15-8-7-9-16-35/h7-33H,1-6H3/q+1. The number of aryl methyl sites for hydroxylation is 2. The van der Waals surface area contributed by atoms with Crippen LogP contribution in [0.1, 0.15) is 56.2 Å². The van der Waals surface area contributed by atoms with Crippen molar-refractivity contribution in [1.29, 1.82) is 0 Å². The highest BCUT2D eigenvalue weighted by Gasteiger charge is 2.33. The van der Waals surface area contributed by atoms with Gasteiger partial charge in [-0.2, -0.15) is 4.57 Å². The van der Waals surface area contributed by atoms with Crippen molar-refractivity contribution in [3.8, 4) is 50.5 Å². The Morgan fingerprint density at radius 2 is 1.09 bits per heavy atom. The first-order valence-corrected chi connectivity index (χ1v) is 19.1. The van der Waals surface area contributed by atoms with Gasteiger partial charge in [-0.1, -0.05) is 161 Å². The van der Waals surface area contributed by atoms with E-state index in [9.17, 15) is 0 Å². The number of nitrogens with zero attached hydrogens (tertiary/aromatic N) is 2. The fourth-order valence-electron chi connectivity index (χ4n) is 8.41. The van der Waals surface area contributed by atoms with Gasteiger partial charge in [0.05, 0.1) is 7.05 Å². The number of hydrogen-bond donors (Lipinski definition) is 0. The van der Waals surface area contributed by atoms with Crippen molar-refractivity contribution in [2.45, 2.75) is 46.5 Å². The lowest BCUT2D eigenvalue weighted by Gasteiger charge is -2.18. The summed E-state index contributed by atoms with van der Waals surface area (Å²) in [5, 5.41) is 2.25. The number of fused-ring (bicyclic) bond motifs is 4. The summed E-state index contributed by atoms with van der Waals surface area (Å²) >= 11 is 0. The molecule has 2 aromatic heterocycles. The molecule has 9 rings (SSSR count). The van der Waals surface area contributed by atoms with E-state index in [-0.39, 0.29) is 0 Å². The van der Waals surface area contributed by atoms with Crippen molar-refractivity contribution in [3.05, 3.63) is 168 Å². The maximum Gasteiger partial charge on any atom is 0.299 e. The summed E-state index contributed by atoms with van der Waals surface area (Å²) in [4.78, 5) is 0. The molecule has 0 amide bonds. The number of aromatic nitrogens is 2. The van der Waals surface area contributed by atoms with E-state index in [0.717, 1.165) is 44.5 Å². The molecule has 0 bridgehead atoms. The maximum atomic E-state index is 7.15. The topological polar surface area (TPSA) is 21.9 Å². The Hall–Kier alpha value is -6.19. The Balaban J connectivity index is 1.23. The third-order valence-corrected chi connectivity index (χ3v) is 11.2. The van der Waals surface area contributed by atoms with E-state index in [2.05, 4.69) is 202 Å². The van der Waals surface area contributed by atoms with Gasteiger partial charge in [-0.05, 0) is 70.3 Å². The summed E-state index contributed by atoms with van der Waals surface area (Å²) in [6.07, 6.45) is 0. The van der Waals surface area contributed by atoms with Gasteiger partial charge in [0.2, 0.25) is 0 Å². The lowest BCUT2D eigenvalue weighted by atomic mass is 9.92. The first-order valence-electron chi connectivity index (χ1n) is 19.1. The zero-order valence-electron chi connectivity index (χ0n) is 31.9. The fourth-order valence-corrected chi connectivity index (χ4v) is 8.41. The number of hydrogen-bond acceptors (Lipinski definition) is 1. The van der Waals surface area contributed by atoms with Crippen LogP contribution >= 0.6 is 0 Å². The second-order valence-electron chi connectivity index (χ2n) is 15.2. The number of benzene rings is 7. The predicted octanol–water partition coefficient (Wildman–Crippen LogP) is 13.6. The molecule has 0 saturated carbocycles. The largest absolute Gasteiger partial charge is 0.454 e. The van der Waals surface area contributed by atoms with E-state index >= 15 is 0 Å². The molecule has 0 aliphatic carbocycles. The Morgan fingerprint density at radius 3 is 1.80 bits per heavy atom. The van der Waals surface area contributed by atoms with Crippen molar-refractivity contribution in [1.82, 2.24) is 4.57 Å². The van der Waals surface area contributed by atoms with Crippen LogP contribution in [0.15, 0.2) is 156 Å². The van der Waals surface area contributed by atoms with Crippen LogP contribution in [0.2, 0.25) is 0 Å². The van der Waals surface area contributed by atoms with Crippen LogP contribution in [0.25, 0.3) is 83.4 Å².